The van der Waals surface area contributed by atoms with Crippen LogP contribution in [-0.4, -0.2) is 37.0 Å². The molecule has 0 spiro atoms. The number of methoxy groups -OCH3 is 1. The summed E-state index contributed by atoms with van der Waals surface area (Å²) in [5.41, 5.74) is 8.60. The fraction of sp³-hybridized carbons (Fsp3) is 0.0417. The van der Waals surface area contributed by atoms with Crippen molar-refractivity contribution in [3.05, 3.63) is 89.5 Å². The third kappa shape index (κ3) is 6.26. The van der Waals surface area contributed by atoms with Crippen molar-refractivity contribution in [2.75, 3.05) is 12.4 Å². The van der Waals surface area contributed by atoms with E-state index in [1.165, 1.54) is 43.7 Å². The average molecular weight is 460 g/mol. The first kappa shape index (κ1) is 23.7. The van der Waals surface area contributed by atoms with Gasteiger partial charge in [0.15, 0.2) is 0 Å². The Hall–Kier alpha value is -4.99. The molecule has 10 heteroatoms. The van der Waals surface area contributed by atoms with Crippen molar-refractivity contribution < 1.29 is 28.7 Å². The van der Waals surface area contributed by atoms with Gasteiger partial charge in [0.05, 0.1) is 13.3 Å². The molecule has 0 aliphatic heterocycles. The van der Waals surface area contributed by atoms with Crippen LogP contribution in [0.25, 0.3) is 0 Å². The number of hydrogen-bond donors (Lipinski definition) is 3. The van der Waals surface area contributed by atoms with Crippen LogP contribution in [0, 0.1) is 0 Å². The van der Waals surface area contributed by atoms with Crippen LogP contribution in [0.1, 0.15) is 26.3 Å². The number of amides is 3. The molecule has 3 amide bonds. The van der Waals surface area contributed by atoms with Crippen molar-refractivity contribution in [1.29, 1.82) is 0 Å². The van der Waals surface area contributed by atoms with E-state index in [2.05, 4.69) is 15.8 Å². The first-order valence-electron chi connectivity index (χ1n) is 9.87. The molecule has 172 valence electrons. The monoisotopic (exact) mass is 460 g/mol. The number of primary amides is 1. The summed E-state index contributed by atoms with van der Waals surface area (Å²) in [6.07, 6.45) is 1.28. The summed E-state index contributed by atoms with van der Waals surface area (Å²) >= 11 is 0. The highest BCUT2D eigenvalue weighted by atomic mass is 16.5. The average Bonchev–Trinajstić information content (AvgIpc) is 2.84. The van der Waals surface area contributed by atoms with Crippen LogP contribution in [0.3, 0.4) is 0 Å². The standard InChI is InChI=1S/C24H20N4O6/c1-33-20-8-3-2-7-19(20)24(32)34-18-6-4-5-15(13-18)14-26-28-23(31)22(30)27-17-11-9-16(10-12-17)21(25)29/h2-14H,1H3,(H2,25,29)(H,27,30)(H,28,31). The lowest BCUT2D eigenvalue weighted by Gasteiger charge is -2.08. The molecule has 0 radical (unpaired) electrons. The van der Waals surface area contributed by atoms with Gasteiger partial charge < -0.3 is 20.5 Å². The molecule has 0 aromatic heterocycles. The van der Waals surface area contributed by atoms with Crippen molar-refractivity contribution >= 4 is 35.6 Å². The van der Waals surface area contributed by atoms with E-state index < -0.39 is 23.7 Å². The van der Waals surface area contributed by atoms with Gasteiger partial charge in [-0.15, -0.1) is 0 Å². The minimum absolute atomic E-state index is 0.253. The fourth-order valence-corrected chi connectivity index (χ4v) is 2.76. The Kier molecular flexibility index (Phi) is 7.69. The Bertz CT molecular complexity index is 1250. The van der Waals surface area contributed by atoms with E-state index in [1.54, 1.807) is 42.5 Å². The largest absolute Gasteiger partial charge is 0.496 e. The molecule has 0 atom stereocenters. The molecule has 0 fully saturated rings. The number of hydrogen-bond acceptors (Lipinski definition) is 7. The second-order valence-electron chi connectivity index (χ2n) is 6.76. The van der Waals surface area contributed by atoms with Gasteiger partial charge >= 0.3 is 17.8 Å². The summed E-state index contributed by atoms with van der Waals surface area (Å²) in [7, 11) is 1.46. The minimum atomic E-state index is -1.01. The van der Waals surface area contributed by atoms with Gasteiger partial charge in [0, 0.05) is 11.3 Å². The maximum Gasteiger partial charge on any atom is 0.347 e. The molecule has 3 aromatic rings. The van der Waals surface area contributed by atoms with Crippen LogP contribution in [0.2, 0.25) is 0 Å². The van der Waals surface area contributed by atoms with Crippen LogP contribution in [0.15, 0.2) is 77.9 Å². The highest BCUT2D eigenvalue weighted by molar-refractivity contribution is 6.39. The molecule has 3 aromatic carbocycles. The quantitative estimate of drug-likeness (QED) is 0.162. The predicted octanol–water partition coefficient (Wildman–Crippen LogP) is 2.10. The minimum Gasteiger partial charge on any atom is -0.496 e. The van der Waals surface area contributed by atoms with Crippen LogP contribution >= 0.6 is 0 Å². The van der Waals surface area contributed by atoms with Crippen molar-refractivity contribution in [3.63, 3.8) is 0 Å². The molecule has 0 aliphatic carbocycles. The van der Waals surface area contributed by atoms with E-state index in [4.69, 9.17) is 15.2 Å². The van der Waals surface area contributed by atoms with Gasteiger partial charge in [0.1, 0.15) is 17.1 Å². The van der Waals surface area contributed by atoms with Crippen molar-refractivity contribution in [1.82, 2.24) is 5.43 Å². The number of para-hydroxylation sites is 1. The fourth-order valence-electron chi connectivity index (χ4n) is 2.76. The number of hydrazone groups is 1. The summed E-state index contributed by atoms with van der Waals surface area (Å²) in [6.45, 7) is 0. The second-order valence-corrected chi connectivity index (χ2v) is 6.76. The first-order valence-corrected chi connectivity index (χ1v) is 9.87. The Morgan fingerprint density at radius 2 is 1.65 bits per heavy atom. The Balaban J connectivity index is 1.56. The lowest BCUT2D eigenvalue weighted by Crippen LogP contribution is -2.32. The van der Waals surface area contributed by atoms with Gasteiger partial charge in [-0.3, -0.25) is 14.4 Å². The topological polar surface area (TPSA) is 149 Å². The molecule has 10 nitrogen and oxygen atoms in total. The molecule has 3 rings (SSSR count). The molecule has 34 heavy (non-hydrogen) atoms. The number of nitrogens with two attached hydrogens (primary N) is 1. The van der Waals surface area contributed by atoms with Gasteiger partial charge in [0.2, 0.25) is 5.91 Å². The number of esters is 1. The molecule has 0 heterocycles. The summed E-state index contributed by atoms with van der Waals surface area (Å²) in [5, 5.41) is 6.11. The van der Waals surface area contributed by atoms with Crippen LogP contribution in [0.4, 0.5) is 5.69 Å². The predicted molar refractivity (Wildman–Crippen MR) is 124 cm³/mol. The van der Waals surface area contributed by atoms with Gasteiger partial charge in [-0.1, -0.05) is 24.3 Å². The number of ether oxygens (including phenoxy) is 2. The first-order chi connectivity index (χ1) is 16.4. The highest BCUT2D eigenvalue weighted by Crippen LogP contribution is 2.20. The molecule has 0 bridgehead atoms. The zero-order chi connectivity index (χ0) is 24.5. The summed E-state index contributed by atoms with van der Waals surface area (Å²) < 4.78 is 10.5. The number of benzene rings is 3. The SMILES string of the molecule is COc1ccccc1C(=O)Oc1cccc(C=NNC(=O)C(=O)Nc2ccc(C(N)=O)cc2)c1. The van der Waals surface area contributed by atoms with E-state index in [1.807, 2.05) is 0 Å². The third-order valence-electron chi connectivity index (χ3n) is 4.41. The van der Waals surface area contributed by atoms with Crippen molar-refractivity contribution in [3.8, 4) is 11.5 Å². The molecule has 0 aliphatic rings. The maximum atomic E-state index is 12.4. The van der Waals surface area contributed by atoms with E-state index >= 15 is 0 Å². The highest BCUT2D eigenvalue weighted by Gasteiger charge is 2.15. The Morgan fingerprint density at radius 3 is 2.35 bits per heavy atom. The molecule has 4 N–H and O–H groups in total. The molecule has 0 saturated heterocycles. The number of nitrogens with one attached hydrogen (secondary N) is 2. The van der Waals surface area contributed by atoms with Gasteiger partial charge in [-0.2, -0.15) is 5.10 Å². The lowest BCUT2D eigenvalue weighted by molar-refractivity contribution is -0.136. The van der Waals surface area contributed by atoms with Gasteiger partial charge in [-0.25, -0.2) is 10.2 Å². The number of nitrogens with zero attached hydrogens (tertiary/aromatic N) is 1. The molecule has 0 unspecified atom stereocenters. The second kappa shape index (κ2) is 11.0. The van der Waals surface area contributed by atoms with Crippen LogP contribution in [-0.2, 0) is 9.59 Å². The van der Waals surface area contributed by atoms with E-state index in [-0.39, 0.29) is 16.9 Å². The van der Waals surface area contributed by atoms with Crippen molar-refractivity contribution in [2.45, 2.75) is 0 Å². The third-order valence-corrected chi connectivity index (χ3v) is 4.41. The van der Waals surface area contributed by atoms with E-state index in [0.29, 0.717) is 17.0 Å². The lowest BCUT2D eigenvalue weighted by atomic mass is 10.2. The number of carbonyl (C=O) groups is 4. The van der Waals surface area contributed by atoms with Gasteiger partial charge in [-0.05, 0) is 54.1 Å². The summed E-state index contributed by atoms with van der Waals surface area (Å²) in [5.74, 6) is -2.53. The Labute approximate surface area is 194 Å². The number of carbonyl (C=O) groups excluding carboxylic acids is 4. The van der Waals surface area contributed by atoms with E-state index in [0.717, 1.165) is 0 Å². The van der Waals surface area contributed by atoms with Gasteiger partial charge in [0.25, 0.3) is 0 Å². The van der Waals surface area contributed by atoms with E-state index in [9.17, 15) is 19.2 Å². The number of anilines is 1. The smallest absolute Gasteiger partial charge is 0.347 e. The summed E-state index contributed by atoms with van der Waals surface area (Å²) in [4.78, 5) is 47.4. The summed E-state index contributed by atoms with van der Waals surface area (Å²) in [6, 6.07) is 18.8. The molecular formula is C24H20N4O6. The van der Waals surface area contributed by atoms with Crippen LogP contribution in [0.5, 0.6) is 11.5 Å². The molecular weight excluding hydrogens is 440 g/mol. The van der Waals surface area contributed by atoms with Crippen LogP contribution < -0.4 is 25.9 Å². The van der Waals surface area contributed by atoms with Crippen molar-refractivity contribution in [2.24, 2.45) is 10.8 Å². The zero-order valence-corrected chi connectivity index (χ0v) is 18.0. The normalized spacial score (nSPS) is 10.4. The molecule has 0 saturated carbocycles. The zero-order valence-electron chi connectivity index (χ0n) is 18.0. The number of rotatable bonds is 7. The maximum absolute atomic E-state index is 12.4. The Morgan fingerprint density at radius 1 is 0.912 bits per heavy atom.